The molecule has 18 heavy (non-hydrogen) atoms. The fourth-order valence-electron chi connectivity index (χ4n) is 2.26. The Morgan fingerprint density at radius 1 is 1.06 bits per heavy atom. The van der Waals surface area contributed by atoms with E-state index in [1.54, 1.807) is 0 Å². The second kappa shape index (κ2) is 6.87. The zero-order chi connectivity index (χ0) is 13.8. The van der Waals surface area contributed by atoms with Crippen molar-refractivity contribution in [1.29, 1.82) is 0 Å². The van der Waals surface area contributed by atoms with E-state index >= 15 is 0 Å². The minimum Gasteiger partial charge on any atom is -0.316 e. The third-order valence-electron chi connectivity index (χ3n) is 3.80. The zero-order valence-electron chi connectivity index (χ0n) is 12.1. The molecular weight excluding hydrogens is 248 g/mol. The molecule has 0 aromatic heterocycles. The van der Waals surface area contributed by atoms with Crippen LogP contribution < -0.4 is 5.32 Å². The average molecular weight is 276 g/mol. The number of nitrogens with one attached hydrogen (secondary N) is 1. The maximum Gasteiger partial charge on any atom is 0.152 e. The molecule has 0 aromatic rings. The molecule has 1 saturated heterocycles. The Labute approximate surface area is 112 Å². The molecule has 0 amide bonds. The summed E-state index contributed by atoms with van der Waals surface area (Å²) in [7, 11) is -2.76. The topological polar surface area (TPSA) is 49.4 Å². The molecular formula is C13H28N2O2S. The quantitative estimate of drug-likeness (QED) is 0.786. The molecule has 4 nitrogen and oxygen atoms in total. The molecule has 5 heteroatoms. The smallest absolute Gasteiger partial charge is 0.152 e. The predicted octanol–water partition coefficient (Wildman–Crippen LogP) is 0.987. The number of hydrogen-bond acceptors (Lipinski definition) is 4. The van der Waals surface area contributed by atoms with Gasteiger partial charge in [-0.2, -0.15) is 0 Å². The fourth-order valence-corrected chi connectivity index (χ4v) is 3.49. The second-order valence-corrected chi connectivity index (χ2v) is 8.26. The standard InChI is InChI=1S/C13H28N2O2S/c1-11(2)9-14-10-12(3)13(4)15-5-7-18(16,17)8-6-15/h11-14H,5-10H2,1-4H3. The van der Waals surface area contributed by atoms with Crippen LogP contribution in [0, 0.1) is 11.8 Å². The number of sulfone groups is 1. The number of hydrogen-bond donors (Lipinski definition) is 1. The van der Waals surface area contributed by atoms with Gasteiger partial charge in [-0.15, -0.1) is 0 Å². The van der Waals surface area contributed by atoms with Gasteiger partial charge in [-0.25, -0.2) is 8.42 Å². The normalized spacial score (nSPS) is 24.1. The van der Waals surface area contributed by atoms with E-state index in [0.29, 0.717) is 42.5 Å². The van der Waals surface area contributed by atoms with Gasteiger partial charge in [0.05, 0.1) is 11.5 Å². The van der Waals surface area contributed by atoms with Crippen molar-refractivity contribution in [2.75, 3.05) is 37.7 Å². The molecule has 1 rings (SSSR count). The van der Waals surface area contributed by atoms with Crippen molar-refractivity contribution >= 4 is 9.84 Å². The minimum atomic E-state index is -2.76. The Hall–Kier alpha value is -0.130. The third-order valence-corrected chi connectivity index (χ3v) is 5.41. The molecule has 0 bridgehead atoms. The van der Waals surface area contributed by atoms with Crippen LogP contribution in [0.25, 0.3) is 0 Å². The van der Waals surface area contributed by atoms with Gasteiger partial charge < -0.3 is 5.32 Å². The maximum atomic E-state index is 11.4. The summed E-state index contributed by atoms with van der Waals surface area (Å²) in [5, 5.41) is 3.48. The first-order valence-electron chi connectivity index (χ1n) is 6.97. The largest absolute Gasteiger partial charge is 0.316 e. The van der Waals surface area contributed by atoms with E-state index in [9.17, 15) is 8.42 Å². The van der Waals surface area contributed by atoms with Crippen molar-refractivity contribution < 1.29 is 8.42 Å². The lowest BCUT2D eigenvalue weighted by Crippen LogP contribution is -2.48. The lowest BCUT2D eigenvalue weighted by molar-refractivity contribution is 0.171. The van der Waals surface area contributed by atoms with Crippen LogP contribution in [0.2, 0.25) is 0 Å². The van der Waals surface area contributed by atoms with Crippen LogP contribution in [0.1, 0.15) is 27.7 Å². The van der Waals surface area contributed by atoms with Gasteiger partial charge in [0, 0.05) is 19.1 Å². The Morgan fingerprint density at radius 2 is 1.61 bits per heavy atom. The lowest BCUT2D eigenvalue weighted by Gasteiger charge is -2.35. The van der Waals surface area contributed by atoms with Gasteiger partial charge >= 0.3 is 0 Å². The Balaban J connectivity index is 2.33. The first kappa shape index (κ1) is 15.9. The van der Waals surface area contributed by atoms with Gasteiger partial charge in [0.15, 0.2) is 9.84 Å². The summed E-state index contributed by atoms with van der Waals surface area (Å²) >= 11 is 0. The molecule has 1 fully saturated rings. The summed E-state index contributed by atoms with van der Waals surface area (Å²) in [5.41, 5.74) is 0. The predicted molar refractivity (Wildman–Crippen MR) is 76.6 cm³/mol. The highest BCUT2D eigenvalue weighted by Crippen LogP contribution is 2.14. The van der Waals surface area contributed by atoms with Gasteiger partial charge in [0.25, 0.3) is 0 Å². The van der Waals surface area contributed by atoms with E-state index in [2.05, 4.69) is 37.9 Å². The Kier molecular flexibility index (Phi) is 6.08. The Bertz CT molecular complexity index is 327. The molecule has 2 atom stereocenters. The van der Waals surface area contributed by atoms with Gasteiger partial charge in [-0.1, -0.05) is 20.8 Å². The second-order valence-electron chi connectivity index (χ2n) is 5.96. The molecule has 1 N–H and O–H groups in total. The van der Waals surface area contributed by atoms with Crippen molar-refractivity contribution in [3.05, 3.63) is 0 Å². The van der Waals surface area contributed by atoms with Gasteiger partial charge in [0.2, 0.25) is 0 Å². The summed E-state index contributed by atoms with van der Waals surface area (Å²) in [6, 6.07) is 0.445. The van der Waals surface area contributed by atoms with Gasteiger partial charge in [0.1, 0.15) is 0 Å². The first-order valence-corrected chi connectivity index (χ1v) is 8.79. The summed E-state index contributed by atoms with van der Waals surface area (Å²) < 4.78 is 22.8. The highest BCUT2D eigenvalue weighted by Gasteiger charge is 2.27. The van der Waals surface area contributed by atoms with Crippen LogP contribution in [-0.2, 0) is 9.84 Å². The van der Waals surface area contributed by atoms with Crippen molar-refractivity contribution in [1.82, 2.24) is 10.2 Å². The number of nitrogens with zero attached hydrogens (tertiary/aromatic N) is 1. The van der Waals surface area contributed by atoms with Gasteiger partial charge in [-0.05, 0) is 31.8 Å². The van der Waals surface area contributed by atoms with Crippen LogP contribution in [0.3, 0.4) is 0 Å². The van der Waals surface area contributed by atoms with Crippen LogP contribution in [0.5, 0.6) is 0 Å². The van der Waals surface area contributed by atoms with Crippen LogP contribution in [0.4, 0.5) is 0 Å². The molecule has 0 aromatic carbocycles. The third kappa shape index (κ3) is 5.24. The van der Waals surface area contributed by atoms with Crippen LogP contribution in [0.15, 0.2) is 0 Å². The number of rotatable bonds is 6. The van der Waals surface area contributed by atoms with Crippen molar-refractivity contribution in [2.24, 2.45) is 11.8 Å². The van der Waals surface area contributed by atoms with E-state index < -0.39 is 9.84 Å². The molecule has 0 radical (unpaired) electrons. The molecule has 0 saturated carbocycles. The summed E-state index contributed by atoms with van der Waals surface area (Å²) in [6.07, 6.45) is 0. The van der Waals surface area contributed by atoms with E-state index in [4.69, 9.17) is 0 Å². The molecule has 2 unspecified atom stereocenters. The average Bonchev–Trinajstić information content (AvgIpc) is 2.27. The van der Waals surface area contributed by atoms with Crippen LogP contribution >= 0.6 is 0 Å². The molecule has 0 spiro atoms. The van der Waals surface area contributed by atoms with Crippen molar-refractivity contribution in [3.63, 3.8) is 0 Å². The van der Waals surface area contributed by atoms with Crippen LogP contribution in [-0.4, -0.2) is 57.0 Å². The van der Waals surface area contributed by atoms with E-state index in [1.165, 1.54) is 0 Å². The SMILES string of the molecule is CC(C)CNCC(C)C(C)N1CCS(=O)(=O)CC1. The highest BCUT2D eigenvalue weighted by molar-refractivity contribution is 7.91. The molecule has 1 aliphatic rings. The molecule has 1 heterocycles. The highest BCUT2D eigenvalue weighted by atomic mass is 32.2. The summed E-state index contributed by atoms with van der Waals surface area (Å²) in [4.78, 5) is 2.31. The maximum absolute atomic E-state index is 11.4. The summed E-state index contributed by atoms with van der Waals surface area (Å²) in [5.74, 6) is 1.87. The first-order chi connectivity index (χ1) is 8.32. The fraction of sp³-hybridized carbons (Fsp3) is 1.00. The van der Waals surface area contributed by atoms with Crippen molar-refractivity contribution in [2.45, 2.75) is 33.7 Å². The van der Waals surface area contributed by atoms with Gasteiger partial charge in [-0.3, -0.25) is 4.90 Å². The lowest BCUT2D eigenvalue weighted by atomic mass is 10.0. The minimum absolute atomic E-state index is 0.323. The molecule has 0 aliphatic carbocycles. The van der Waals surface area contributed by atoms with E-state index in [1.807, 2.05) is 0 Å². The van der Waals surface area contributed by atoms with Crippen molar-refractivity contribution in [3.8, 4) is 0 Å². The van der Waals surface area contributed by atoms with E-state index in [-0.39, 0.29) is 0 Å². The molecule has 1 aliphatic heterocycles. The molecule has 108 valence electrons. The van der Waals surface area contributed by atoms with E-state index in [0.717, 1.165) is 13.1 Å². The summed E-state index contributed by atoms with van der Waals surface area (Å²) in [6.45, 7) is 12.3. The Morgan fingerprint density at radius 3 is 2.11 bits per heavy atom. The monoisotopic (exact) mass is 276 g/mol. The zero-order valence-corrected chi connectivity index (χ0v) is 13.0.